The number of nitrogens with zero attached hydrogens (tertiary/aromatic N) is 4. The van der Waals surface area contributed by atoms with Crippen molar-refractivity contribution in [3.05, 3.63) is 76.2 Å². The molecule has 0 aliphatic rings. The zero-order valence-corrected chi connectivity index (χ0v) is 28.0. The maximum Gasteiger partial charge on any atom is 0.414 e. The van der Waals surface area contributed by atoms with Crippen LogP contribution in [0.1, 0.15) is 49.5 Å². The minimum absolute atomic E-state index is 0.0141. The number of carbonyl (C=O) groups is 4. The summed E-state index contributed by atoms with van der Waals surface area (Å²) in [6, 6.07) is 14.5. The van der Waals surface area contributed by atoms with Gasteiger partial charge >= 0.3 is 12.1 Å². The SMILES string of the molecule is CN(C(=O)OCc1ccccc1)c1ccc(C(=O)N[C@@H](CCC(=O)NCCOCCOCCOCCN=[N+]=[N-])C(=O)OC(C)(C)C)cc1. The van der Waals surface area contributed by atoms with Crippen molar-refractivity contribution < 1.29 is 42.9 Å². The summed E-state index contributed by atoms with van der Waals surface area (Å²) in [4.78, 5) is 54.9. The highest BCUT2D eigenvalue weighted by Gasteiger charge is 2.28. The summed E-state index contributed by atoms with van der Waals surface area (Å²) in [7, 11) is 1.56. The van der Waals surface area contributed by atoms with E-state index in [-0.39, 0.29) is 50.6 Å². The van der Waals surface area contributed by atoms with Crippen LogP contribution in [-0.2, 0) is 39.9 Å². The first-order valence-electron chi connectivity index (χ1n) is 15.6. The van der Waals surface area contributed by atoms with Crippen molar-refractivity contribution >= 4 is 29.6 Å². The molecule has 0 radical (unpaired) electrons. The van der Waals surface area contributed by atoms with Gasteiger partial charge < -0.3 is 34.3 Å². The summed E-state index contributed by atoms with van der Waals surface area (Å²) in [5.41, 5.74) is 9.00. The Morgan fingerprint density at radius 1 is 0.896 bits per heavy atom. The van der Waals surface area contributed by atoms with Crippen LogP contribution in [0.3, 0.4) is 0 Å². The molecule has 15 heteroatoms. The number of benzene rings is 2. The summed E-state index contributed by atoms with van der Waals surface area (Å²) in [5.74, 6) is -1.52. The number of carbonyl (C=O) groups excluding carboxylic acids is 4. The third kappa shape index (κ3) is 16.7. The molecule has 0 spiro atoms. The molecule has 262 valence electrons. The summed E-state index contributed by atoms with van der Waals surface area (Å²) in [6.45, 7) is 7.81. The summed E-state index contributed by atoms with van der Waals surface area (Å²) in [6.07, 6.45) is -0.583. The Labute approximate surface area is 280 Å². The lowest BCUT2D eigenvalue weighted by molar-refractivity contribution is -0.157. The van der Waals surface area contributed by atoms with E-state index in [4.69, 9.17) is 29.2 Å². The van der Waals surface area contributed by atoms with Crippen LogP contribution in [0.25, 0.3) is 10.4 Å². The van der Waals surface area contributed by atoms with Crippen LogP contribution in [0.15, 0.2) is 59.7 Å². The predicted octanol–water partition coefficient (Wildman–Crippen LogP) is 4.16. The van der Waals surface area contributed by atoms with Crippen LogP contribution in [0.4, 0.5) is 10.5 Å². The van der Waals surface area contributed by atoms with E-state index in [0.29, 0.717) is 38.7 Å². The van der Waals surface area contributed by atoms with E-state index in [0.717, 1.165) is 5.56 Å². The van der Waals surface area contributed by atoms with Gasteiger partial charge in [0.15, 0.2) is 0 Å². The van der Waals surface area contributed by atoms with Gasteiger partial charge in [-0.25, -0.2) is 9.59 Å². The highest BCUT2D eigenvalue weighted by Crippen LogP contribution is 2.17. The van der Waals surface area contributed by atoms with Crippen LogP contribution in [0.2, 0.25) is 0 Å². The van der Waals surface area contributed by atoms with Gasteiger partial charge in [0.2, 0.25) is 5.91 Å². The predicted molar refractivity (Wildman–Crippen MR) is 177 cm³/mol. The maximum absolute atomic E-state index is 13.1. The highest BCUT2D eigenvalue weighted by atomic mass is 16.6. The second kappa shape index (κ2) is 22.0. The molecule has 0 aliphatic heterocycles. The van der Waals surface area contributed by atoms with Gasteiger partial charge in [0, 0.05) is 42.7 Å². The fourth-order valence-electron chi connectivity index (χ4n) is 3.94. The Morgan fingerprint density at radius 3 is 2.15 bits per heavy atom. The van der Waals surface area contributed by atoms with E-state index in [2.05, 4.69) is 20.7 Å². The van der Waals surface area contributed by atoms with E-state index in [1.807, 2.05) is 30.3 Å². The lowest BCUT2D eigenvalue weighted by atomic mass is 10.1. The lowest BCUT2D eigenvalue weighted by Gasteiger charge is -2.24. The molecule has 15 nitrogen and oxygen atoms in total. The molecular formula is C33H46N6O9. The fraction of sp³-hybridized carbons (Fsp3) is 0.515. The van der Waals surface area contributed by atoms with Gasteiger partial charge in [0.25, 0.3) is 5.91 Å². The number of nitrogens with one attached hydrogen (secondary N) is 2. The molecule has 0 unspecified atom stereocenters. The first kappa shape index (κ1) is 39.5. The molecule has 2 rings (SSSR count). The van der Waals surface area contributed by atoms with Gasteiger partial charge in [-0.3, -0.25) is 14.5 Å². The molecule has 2 aromatic rings. The van der Waals surface area contributed by atoms with Gasteiger partial charge in [-0.15, -0.1) is 0 Å². The molecule has 0 fully saturated rings. The minimum Gasteiger partial charge on any atom is -0.458 e. The molecule has 0 aliphatic carbocycles. The van der Waals surface area contributed by atoms with Gasteiger partial charge in [0.1, 0.15) is 18.2 Å². The number of amides is 3. The molecule has 48 heavy (non-hydrogen) atoms. The normalized spacial score (nSPS) is 11.5. The molecule has 1 atom stereocenters. The van der Waals surface area contributed by atoms with Gasteiger partial charge in [-0.1, -0.05) is 35.4 Å². The minimum atomic E-state index is -1.07. The largest absolute Gasteiger partial charge is 0.458 e. The van der Waals surface area contributed by atoms with Crippen molar-refractivity contribution in [2.24, 2.45) is 5.11 Å². The second-order valence-corrected chi connectivity index (χ2v) is 11.4. The van der Waals surface area contributed by atoms with Gasteiger partial charge in [-0.05, 0) is 62.6 Å². The Hall–Kier alpha value is -4.69. The van der Waals surface area contributed by atoms with Crippen LogP contribution >= 0.6 is 0 Å². The van der Waals surface area contributed by atoms with Crippen molar-refractivity contribution in [2.45, 2.75) is 51.9 Å². The van der Waals surface area contributed by atoms with Gasteiger partial charge in [-0.2, -0.15) is 0 Å². The number of rotatable bonds is 21. The number of ether oxygens (including phenoxy) is 5. The van der Waals surface area contributed by atoms with Crippen LogP contribution in [0, 0.1) is 0 Å². The standard InChI is InChI=1S/C33H46N6O9/c1-33(2,3)48-31(42)28(14-15-29(40)35-16-18-44-20-22-46-23-21-45-19-17-36-38-34)37-30(41)26-10-12-27(13-11-26)39(4)32(43)47-24-25-8-6-5-7-9-25/h5-13,28H,14-24H2,1-4H3,(H,35,40)(H,37,41)/t28-/m0/s1. The molecule has 2 N–H and O–H groups in total. The Morgan fingerprint density at radius 2 is 1.52 bits per heavy atom. The van der Waals surface area contributed by atoms with E-state index in [1.54, 1.807) is 40.0 Å². The third-order valence-corrected chi connectivity index (χ3v) is 6.36. The summed E-state index contributed by atoms with van der Waals surface area (Å²) in [5, 5.41) is 8.76. The third-order valence-electron chi connectivity index (χ3n) is 6.36. The maximum atomic E-state index is 13.1. The van der Waals surface area contributed by atoms with Crippen LogP contribution in [-0.4, -0.2) is 95.3 Å². The van der Waals surface area contributed by atoms with Crippen molar-refractivity contribution in [2.75, 3.05) is 64.7 Å². The number of esters is 1. The highest BCUT2D eigenvalue weighted by molar-refractivity contribution is 5.97. The van der Waals surface area contributed by atoms with Crippen molar-refractivity contribution in [1.82, 2.24) is 10.6 Å². The van der Waals surface area contributed by atoms with Crippen LogP contribution in [0.5, 0.6) is 0 Å². The fourth-order valence-corrected chi connectivity index (χ4v) is 3.94. The van der Waals surface area contributed by atoms with Crippen molar-refractivity contribution in [1.29, 1.82) is 0 Å². The molecule has 0 saturated carbocycles. The average Bonchev–Trinajstić information content (AvgIpc) is 3.06. The van der Waals surface area contributed by atoms with E-state index < -0.39 is 29.6 Å². The number of hydrogen-bond donors (Lipinski definition) is 2. The number of anilines is 1. The molecule has 0 heterocycles. The molecule has 0 bridgehead atoms. The summed E-state index contributed by atoms with van der Waals surface area (Å²) < 4.78 is 26.9. The Bertz CT molecular complexity index is 1330. The number of azide groups is 1. The quantitative estimate of drug-likeness (QED) is 0.0646. The van der Waals surface area contributed by atoms with E-state index in [9.17, 15) is 19.2 Å². The van der Waals surface area contributed by atoms with Crippen LogP contribution < -0.4 is 15.5 Å². The molecule has 0 saturated heterocycles. The second-order valence-electron chi connectivity index (χ2n) is 11.4. The van der Waals surface area contributed by atoms with E-state index in [1.165, 1.54) is 17.0 Å². The molecular weight excluding hydrogens is 624 g/mol. The Kier molecular flexibility index (Phi) is 18.1. The van der Waals surface area contributed by atoms with Crippen molar-refractivity contribution in [3.63, 3.8) is 0 Å². The van der Waals surface area contributed by atoms with Crippen molar-refractivity contribution in [3.8, 4) is 0 Å². The first-order valence-corrected chi connectivity index (χ1v) is 15.6. The smallest absolute Gasteiger partial charge is 0.414 e. The first-order chi connectivity index (χ1) is 23.0. The topological polar surface area (TPSA) is 190 Å². The Balaban J connectivity index is 1.78. The average molecular weight is 671 g/mol. The van der Waals surface area contributed by atoms with E-state index >= 15 is 0 Å². The summed E-state index contributed by atoms with van der Waals surface area (Å²) >= 11 is 0. The lowest BCUT2D eigenvalue weighted by Crippen LogP contribution is -2.45. The zero-order chi connectivity index (χ0) is 35.2. The number of hydrogen-bond acceptors (Lipinski definition) is 10. The monoisotopic (exact) mass is 670 g/mol. The molecule has 2 aromatic carbocycles. The van der Waals surface area contributed by atoms with Gasteiger partial charge in [0.05, 0.1) is 39.6 Å². The molecule has 0 aromatic heterocycles. The molecule has 3 amide bonds. The zero-order valence-electron chi connectivity index (χ0n) is 28.0.